The molecule has 328 valence electrons. The third-order valence-corrected chi connectivity index (χ3v) is 12.8. The lowest BCUT2D eigenvalue weighted by atomic mass is 9.44. The van der Waals surface area contributed by atoms with Crippen molar-refractivity contribution in [3.63, 3.8) is 0 Å². The van der Waals surface area contributed by atoms with Gasteiger partial charge in [0.15, 0.2) is 23.7 Å². The van der Waals surface area contributed by atoms with Gasteiger partial charge in [-0.3, -0.25) is 19.2 Å². The van der Waals surface area contributed by atoms with E-state index < -0.39 is 99.3 Å². The molecule has 5 rings (SSSR count). The van der Waals surface area contributed by atoms with Gasteiger partial charge in [0, 0.05) is 29.1 Å². The molecule has 60 heavy (non-hydrogen) atoms. The van der Waals surface area contributed by atoms with Gasteiger partial charge < -0.3 is 39.5 Å². The minimum Gasteiger partial charge on any atom is -0.465 e. The molecule has 4 aliphatic rings. The Bertz CT molecular complexity index is 1910. The first-order valence-electron chi connectivity index (χ1n) is 19.7. The van der Waals surface area contributed by atoms with E-state index in [2.05, 4.69) is 9.68 Å². The molecule has 0 spiro atoms. The Kier molecular flexibility index (Phi) is 14.0. The number of allylic oxidation sites excluding steroid dienone is 4. The van der Waals surface area contributed by atoms with E-state index in [4.69, 9.17) is 24.7 Å². The summed E-state index contributed by atoms with van der Waals surface area (Å²) in [5.41, 5.74) is 0.119. The van der Waals surface area contributed by atoms with E-state index in [1.807, 2.05) is 0 Å². The Hall–Kier alpha value is -5.50. The van der Waals surface area contributed by atoms with Crippen molar-refractivity contribution in [2.75, 3.05) is 26.4 Å². The van der Waals surface area contributed by atoms with Crippen LogP contribution in [0.2, 0.25) is 0 Å². The summed E-state index contributed by atoms with van der Waals surface area (Å²) in [6.07, 6.45) is 1.89. The molecule has 3 fully saturated rings. The second-order valence-corrected chi connectivity index (χ2v) is 16.2. The molecular formula is C40H50FN3O16. The van der Waals surface area contributed by atoms with Gasteiger partial charge in [0.25, 0.3) is 10.2 Å². The van der Waals surface area contributed by atoms with Crippen molar-refractivity contribution in [3.8, 4) is 5.75 Å². The molecule has 0 bridgehead atoms. The van der Waals surface area contributed by atoms with E-state index in [0.29, 0.717) is 30.4 Å². The van der Waals surface area contributed by atoms with Gasteiger partial charge in [-0.1, -0.05) is 37.6 Å². The maximum absolute atomic E-state index is 17.8. The smallest absolute Gasteiger partial charge is 0.465 e. The summed E-state index contributed by atoms with van der Waals surface area (Å²) in [6.45, 7) is 3.48. The van der Waals surface area contributed by atoms with Gasteiger partial charge in [-0.05, 0) is 94.1 Å². The fraction of sp³-hybridized carbons (Fsp3) is 0.625. The zero-order chi connectivity index (χ0) is 44.0. The highest BCUT2D eigenvalue weighted by Crippen LogP contribution is 2.71. The number of ether oxygens (including phenoxy) is 4. The fourth-order valence-electron chi connectivity index (χ4n) is 10.00. The molecule has 3 N–H and O–H groups in total. The second kappa shape index (κ2) is 18.4. The summed E-state index contributed by atoms with van der Waals surface area (Å²) < 4.78 is 39.6. The van der Waals surface area contributed by atoms with E-state index in [-0.39, 0.29) is 63.3 Å². The third-order valence-electron chi connectivity index (χ3n) is 12.8. The fourth-order valence-corrected chi connectivity index (χ4v) is 10.00. The van der Waals surface area contributed by atoms with Crippen molar-refractivity contribution in [1.82, 2.24) is 0 Å². The lowest BCUT2D eigenvalue weighted by Gasteiger charge is -2.62. The highest BCUT2D eigenvalue weighted by Gasteiger charge is 2.77. The Morgan fingerprint density at radius 3 is 2.30 bits per heavy atom. The largest absolute Gasteiger partial charge is 0.514 e. The normalized spacial score (nSPS) is 30.6. The molecule has 9 atom stereocenters. The van der Waals surface area contributed by atoms with Gasteiger partial charge in [0.2, 0.25) is 5.78 Å². The van der Waals surface area contributed by atoms with Crippen molar-refractivity contribution < 1.29 is 72.3 Å². The molecule has 4 aliphatic carbocycles. The molecule has 19 nitrogen and oxygen atoms in total. The van der Waals surface area contributed by atoms with Crippen molar-refractivity contribution in [2.24, 2.45) is 34.3 Å². The summed E-state index contributed by atoms with van der Waals surface area (Å²) in [6, 6.07) is 4.84. The highest BCUT2D eigenvalue weighted by molar-refractivity contribution is 6.01. The third kappa shape index (κ3) is 8.98. The van der Waals surface area contributed by atoms with Crippen LogP contribution in [0.1, 0.15) is 77.7 Å². The van der Waals surface area contributed by atoms with Gasteiger partial charge in [-0.15, -0.1) is 20.2 Å². The number of esters is 2. The number of unbranched alkanes of at least 4 members (excludes halogenated alkanes) is 1. The molecular weight excluding hydrogens is 797 g/mol. The SMILES string of the molecule is C[C@H]1CC2C3CCC4=CC(=O)C=C[C@]4(C)[C@@]3(F)[C@@H](O)C[C@]2(C)[C@@]1(OC(=O)CCCO[N+](=O)[O-])C(=O)COC(=O)Oc1ccc(C[C@H](N)C(=O)OCCCCO[N+](=O)[O-])cc1. The number of nitrogens with zero attached hydrogens (tertiary/aromatic N) is 2. The van der Waals surface area contributed by atoms with Crippen LogP contribution in [0.4, 0.5) is 9.18 Å². The topological polar surface area (TPSA) is 273 Å². The maximum atomic E-state index is 17.8. The molecule has 20 heteroatoms. The van der Waals surface area contributed by atoms with Gasteiger partial charge in [0.05, 0.1) is 25.9 Å². The number of hydrogen-bond donors (Lipinski definition) is 2. The van der Waals surface area contributed by atoms with Crippen LogP contribution in [0.15, 0.2) is 48.1 Å². The molecule has 0 aromatic heterocycles. The van der Waals surface area contributed by atoms with E-state index in [9.17, 15) is 49.3 Å². The Morgan fingerprint density at radius 2 is 1.63 bits per heavy atom. The van der Waals surface area contributed by atoms with Crippen LogP contribution in [-0.2, 0) is 49.5 Å². The van der Waals surface area contributed by atoms with Gasteiger partial charge in [-0.25, -0.2) is 9.18 Å². The lowest BCUT2D eigenvalue weighted by molar-refractivity contribution is -0.757. The van der Waals surface area contributed by atoms with Crippen molar-refractivity contribution in [3.05, 3.63) is 73.9 Å². The summed E-state index contributed by atoms with van der Waals surface area (Å²) in [4.78, 5) is 94.8. The first-order valence-corrected chi connectivity index (χ1v) is 19.7. The highest BCUT2D eigenvalue weighted by atomic mass is 19.1. The molecule has 3 saturated carbocycles. The number of carbonyl (C=O) groups excluding carboxylic acids is 5. The van der Waals surface area contributed by atoms with Gasteiger partial charge in [0.1, 0.15) is 11.8 Å². The van der Waals surface area contributed by atoms with Crippen molar-refractivity contribution in [1.29, 1.82) is 0 Å². The van der Waals surface area contributed by atoms with Crippen LogP contribution in [0.25, 0.3) is 0 Å². The average molecular weight is 848 g/mol. The molecule has 1 aromatic carbocycles. The summed E-state index contributed by atoms with van der Waals surface area (Å²) in [5.74, 6) is -4.92. The first kappa shape index (κ1) is 45.6. The van der Waals surface area contributed by atoms with Crippen LogP contribution in [0.5, 0.6) is 5.75 Å². The van der Waals surface area contributed by atoms with E-state index in [0.717, 1.165) is 0 Å². The number of rotatable bonds is 19. The predicted molar refractivity (Wildman–Crippen MR) is 202 cm³/mol. The van der Waals surface area contributed by atoms with Crippen LogP contribution >= 0.6 is 0 Å². The monoisotopic (exact) mass is 847 g/mol. The molecule has 0 heterocycles. The van der Waals surface area contributed by atoms with Crippen LogP contribution < -0.4 is 10.5 Å². The van der Waals surface area contributed by atoms with Crippen LogP contribution in [-0.4, -0.2) is 94.8 Å². The van der Waals surface area contributed by atoms with E-state index >= 15 is 4.39 Å². The van der Waals surface area contributed by atoms with E-state index in [1.165, 1.54) is 42.5 Å². The van der Waals surface area contributed by atoms with Gasteiger partial charge in [-0.2, -0.15) is 0 Å². The second-order valence-electron chi connectivity index (χ2n) is 16.2. The zero-order valence-electron chi connectivity index (χ0n) is 33.5. The van der Waals surface area contributed by atoms with E-state index in [1.54, 1.807) is 20.8 Å². The quantitative estimate of drug-likeness (QED) is 0.0496. The van der Waals surface area contributed by atoms with Gasteiger partial charge >= 0.3 is 18.1 Å². The Labute approximate surface area is 343 Å². The summed E-state index contributed by atoms with van der Waals surface area (Å²) in [7, 11) is 0. The summed E-state index contributed by atoms with van der Waals surface area (Å²) >= 11 is 0. The first-order chi connectivity index (χ1) is 28.3. The molecule has 0 radical (unpaired) electrons. The number of aliphatic hydroxyl groups excluding tert-OH is 1. The number of fused-ring (bicyclic) bond motifs is 5. The Balaban J connectivity index is 1.27. The predicted octanol–water partition coefficient (Wildman–Crippen LogP) is 4.06. The molecule has 1 aromatic rings. The van der Waals surface area contributed by atoms with Crippen molar-refractivity contribution in [2.45, 2.75) is 102 Å². The standard InChI is InChI=1S/C40H50FN3O16/c1-24-19-30-29-13-10-26-21-27(45)14-15-37(26,2)39(29,41)32(46)22-38(30,3)40(24,60-34(48)7-6-18-58-44(53)54)33(47)23-56-36(50)59-28-11-8-25(9-12-28)20-31(42)35(49)55-16-4-5-17-57-43(51)52/h8-9,11-12,14-15,21,24,29-32,46H,4-7,10,13,16-20,22-23,42H2,1-3H3/t24-,29?,30?,31-,32-,37-,38-,39-,40-/m0/s1. The molecule has 2 unspecified atom stereocenters. The number of nitrogens with two attached hydrogens (primary N) is 1. The van der Waals surface area contributed by atoms with Crippen LogP contribution in [0, 0.1) is 48.8 Å². The number of hydrogen-bond acceptors (Lipinski definition) is 17. The average Bonchev–Trinajstić information content (AvgIpc) is 3.40. The number of aliphatic hydroxyl groups is 1. The number of ketones is 2. The number of Topliss-reactive ketones (excluding diaryl/α,β-unsaturated/α-hetero) is 1. The minimum absolute atomic E-state index is 0.00452. The number of benzene rings is 1. The number of alkyl halides is 1. The number of halogens is 1. The maximum Gasteiger partial charge on any atom is 0.514 e. The molecule has 0 saturated heterocycles. The van der Waals surface area contributed by atoms with Crippen molar-refractivity contribution >= 4 is 29.7 Å². The molecule has 0 amide bonds. The zero-order valence-corrected chi connectivity index (χ0v) is 33.5. The number of carbonyl (C=O) groups is 5. The van der Waals surface area contributed by atoms with Crippen LogP contribution in [0.3, 0.4) is 0 Å². The molecule has 0 aliphatic heterocycles. The lowest BCUT2D eigenvalue weighted by Crippen LogP contribution is -2.70. The Morgan fingerprint density at radius 1 is 0.983 bits per heavy atom. The minimum atomic E-state index is -2.25. The summed E-state index contributed by atoms with van der Waals surface area (Å²) in [5, 5.41) is 30.8.